The Labute approximate surface area is 125 Å². The maximum atomic E-state index is 12.2. The van der Waals surface area contributed by atoms with Crippen molar-refractivity contribution in [2.75, 3.05) is 13.7 Å². The summed E-state index contributed by atoms with van der Waals surface area (Å²) in [4.78, 5) is 0.884. The zero-order valence-electron chi connectivity index (χ0n) is 12.3. The van der Waals surface area contributed by atoms with Crippen LogP contribution >= 0.6 is 11.3 Å². The lowest BCUT2D eigenvalue weighted by atomic mass is 10.3. The highest BCUT2D eigenvalue weighted by Crippen LogP contribution is 2.22. The fraction of sp³-hybridized carbons (Fsp3) is 0.571. The van der Waals surface area contributed by atoms with Crippen molar-refractivity contribution in [3.05, 3.63) is 21.9 Å². The molecule has 1 aromatic rings. The minimum atomic E-state index is -3.32. The quantitative estimate of drug-likeness (QED) is 0.865. The number of aliphatic hydroxyl groups excluding tert-OH is 1. The first-order chi connectivity index (χ1) is 9.18. The van der Waals surface area contributed by atoms with E-state index in [0.717, 1.165) is 10.4 Å². The monoisotopic (exact) mass is 315 g/mol. The van der Waals surface area contributed by atoms with Gasteiger partial charge in [0.15, 0.2) is 0 Å². The van der Waals surface area contributed by atoms with Gasteiger partial charge in [0, 0.05) is 20.0 Å². The van der Waals surface area contributed by atoms with E-state index in [1.54, 1.807) is 27.8 Å². The summed E-state index contributed by atoms with van der Waals surface area (Å²) in [6.45, 7) is 5.48. The molecular weight excluding hydrogens is 294 g/mol. The Kier molecular flexibility index (Phi) is 5.78. The van der Waals surface area contributed by atoms with Crippen LogP contribution in [-0.4, -0.2) is 36.2 Å². The number of hydrogen-bond acceptors (Lipinski definition) is 4. The molecule has 0 amide bonds. The summed E-state index contributed by atoms with van der Waals surface area (Å²) in [6, 6.07) is 1.89. The summed E-state index contributed by atoms with van der Waals surface area (Å²) in [7, 11) is -1.72. The zero-order chi connectivity index (χ0) is 15.4. The molecule has 0 aromatic carbocycles. The van der Waals surface area contributed by atoms with Gasteiger partial charge in [-0.1, -0.05) is 11.8 Å². The number of rotatable bonds is 4. The second-order valence-electron chi connectivity index (χ2n) is 5.47. The molecule has 0 unspecified atom stereocenters. The summed E-state index contributed by atoms with van der Waals surface area (Å²) in [5.41, 5.74) is 0.929. The lowest BCUT2D eigenvalue weighted by molar-refractivity contribution is 0.305. The molecule has 0 bridgehead atoms. The highest BCUT2D eigenvalue weighted by Gasteiger charge is 2.33. The van der Waals surface area contributed by atoms with E-state index in [-0.39, 0.29) is 6.61 Å². The van der Waals surface area contributed by atoms with Crippen molar-refractivity contribution in [2.45, 2.75) is 38.5 Å². The highest BCUT2D eigenvalue weighted by molar-refractivity contribution is 7.90. The smallest absolute Gasteiger partial charge is 0.219 e. The Morgan fingerprint density at radius 3 is 2.60 bits per heavy atom. The van der Waals surface area contributed by atoms with Gasteiger partial charge in [0.25, 0.3) is 0 Å². The average molecular weight is 315 g/mol. The Balaban J connectivity index is 2.79. The molecule has 0 saturated heterocycles. The number of hydrogen-bond donors (Lipinski definition) is 1. The number of thiophene rings is 1. The number of aliphatic hydroxyl groups is 1. The standard InChI is InChI=1S/C14H21NO3S2/c1-14(2,3)20(17,18)15(4)10-12-9-13(19-11-12)7-5-6-8-16/h9,11,16H,6,8,10H2,1-4H3. The van der Waals surface area contributed by atoms with Crippen LogP contribution in [-0.2, 0) is 16.6 Å². The molecule has 1 rings (SSSR count). The van der Waals surface area contributed by atoms with Crippen LogP contribution in [0.15, 0.2) is 11.4 Å². The van der Waals surface area contributed by atoms with Gasteiger partial charge in [0.2, 0.25) is 10.0 Å². The molecule has 112 valence electrons. The van der Waals surface area contributed by atoms with Gasteiger partial charge >= 0.3 is 0 Å². The summed E-state index contributed by atoms with van der Waals surface area (Å²) in [6.07, 6.45) is 0.450. The minimum absolute atomic E-state index is 0.0534. The van der Waals surface area contributed by atoms with E-state index < -0.39 is 14.8 Å². The Hall–Kier alpha value is -0.870. The van der Waals surface area contributed by atoms with Gasteiger partial charge in [-0.25, -0.2) is 12.7 Å². The molecule has 4 nitrogen and oxygen atoms in total. The first-order valence-electron chi connectivity index (χ1n) is 6.31. The molecule has 1 N–H and O–H groups in total. The molecule has 1 heterocycles. The van der Waals surface area contributed by atoms with Crippen LogP contribution in [0.5, 0.6) is 0 Å². The van der Waals surface area contributed by atoms with Gasteiger partial charge in [-0.15, -0.1) is 11.3 Å². The van der Waals surface area contributed by atoms with Gasteiger partial charge in [0.1, 0.15) is 0 Å². The molecule has 0 aliphatic rings. The molecular formula is C14H21NO3S2. The van der Waals surface area contributed by atoms with E-state index in [4.69, 9.17) is 5.11 Å². The normalized spacial score (nSPS) is 12.3. The summed E-state index contributed by atoms with van der Waals surface area (Å²) < 4.78 is 25.1. The van der Waals surface area contributed by atoms with E-state index in [9.17, 15) is 8.42 Å². The maximum absolute atomic E-state index is 12.2. The molecule has 0 aliphatic heterocycles. The molecule has 0 spiro atoms. The third-order valence-electron chi connectivity index (χ3n) is 2.69. The van der Waals surface area contributed by atoms with Crippen LogP contribution < -0.4 is 0 Å². The predicted molar refractivity (Wildman–Crippen MR) is 83.0 cm³/mol. The average Bonchev–Trinajstić information content (AvgIpc) is 2.75. The van der Waals surface area contributed by atoms with E-state index in [1.807, 2.05) is 11.4 Å². The van der Waals surface area contributed by atoms with Crippen molar-refractivity contribution in [3.8, 4) is 11.8 Å². The SMILES string of the molecule is CN(Cc1csc(C#CCCO)c1)S(=O)(=O)C(C)(C)C. The van der Waals surface area contributed by atoms with Gasteiger partial charge in [-0.05, 0) is 37.8 Å². The minimum Gasteiger partial charge on any atom is -0.395 e. The first kappa shape index (κ1) is 17.2. The summed E-state index contributed by atoms with van der Waals surface area (Å²) >= 11 is 1.48. The molecule has 0 fully saturated rings. The van der Waals surface area contributed by atoms with Crippen LogP contribution in [0, 0.1) is 11.8 Å². The summed E-state index contributed by atoms with van der Waals surface area (Å²) in [5.74, 6) is 5.80. The lowest BCUT2D eigenvalue weighted by Gasteiger charge is -2.26. The second-order valence-corrected chi connectivity index (χ2v) is 9.18. The summed E-state index contributed by atoms with van der Waals surface area (Å²) in [5, 5.41) is 10.6. The lowest BCUT2D eigenvalue weighted by Crippen LogP contribution is -2.40. The topological polar surface area (TPSA) is 57.6 Å². The Morgan fingerprint density at radius 1 is 1.40 bits per heavy atom. The van der Waals surface area contributed by atoms with Gasteiger partial charge in [0.05, 0.1) is 16.2 Å². The maximum Gasteiger partial charge on any atom is 0.219 e. The number of nitrogens with zero attached hydrogens (tertiary/aromatic N) is 1. The highest BCUT2D eigenvalue weighted by atomic mass is 32.2. The Morgan fingerprint density at radius 2 is 2.05 bits per heavy atom. The van der Waals surface area contributed by atoms with Crippen molar-refractivity contribution in [3.63, 3.8) is 0 Å². The van der Waals surface area contributed by atoms with Crippen LogP contribution in [0.25, 0.3) is 0 Å². The zero-order valence-corrected chi connectivity index (χ0v) is 13.9. The molecule has 0 atom stereocenters. The van der Waals surface area contributed by atoms with Crippen molar-refractivity contribution < 1.29 is 13.5 Å². The van der Waals surface area contributed by atoms with Crippen LogP contribution in [0.2, 0.25) is 0 Å². The van der Waals surface area contributed by atoms with Crippen LogP contribution in [0.3, 0.4) is 0 Å². The van der Waals surface area contributed by atoms with Crippen molar-refractivity contribution in [2.24, 2.45) is 0 Å². The van der Waals surface area contributed by atoms with Crippen molar-refractivity contribution >= 4 is 21.4 Å². The molecule has 0 radical (unpaired) electrons. The van der Waals surface area contributed by atoms with Gasteiger partial charge < -0.3 is 5.11 Å². The first-order valence-corrected chi connectivity index (χ1v) is 8.63. The van der Waals surface area contributed by atoms with Crippen LogP contribution in [0.1, 0.15) is 37.6 Å². The van der Waals surface area contributed by atoms with Gasteiger partial charge in [-0.3, -0.25) is 0 Å². The molecule has 1 aromatic heterocycles. The molecule has 6 heteroatoms. The van der Waals surface area contributed by atoms with Crippen molar-refractivity contribution in [1.82, 2.24) is 4.31 Å². The second kappa shape index (κ2) is 6.72. The molecule has 0 saturated carbocycles. The Bertz CT molecular complexity index is 600. The van der Waals surface area contributed by atoms with E-state index in [2.05, 4.69) is 11.8 Å². The molecule has 20 heavy (non-hydrogen) atoms. The molecule has 0 aliphatic carbocycles. The fourth-order valence-electron chi connectivity index (χ4n) is 1.54. The fourth-order valence-corrected chi connectivity index (χ4v) is 3.56. The van der Waals surface area contributed by atoms with E-state index in [0.29, 0.717) is 13.0 Å². The van der Waals surface area contributed by atoms with Gasteiger partial charge in [-0.2, -0.15) is 0 Å². The van der Waals surface area contributed by atoms with E-state index >= 15 is 0 Å². The third kappa shape index (κ3) is 4.32. The van der Waals surface area contributed by atoms with Crippen LogP contribution in [0.4, 0.5) is 0 Å². The third-order valence-corrected chi connectivity index (χ3v) is 6.08. The number of sulfonamides is 1. The van der Waals surface area contributed by atoms with E-state index in [1.165, 1.54) is 15.6 Å². The predicted octanol–water partition coefficient (Wildman–Crippen LogP) is 2.04. The van der Waals surface area contributed by atoms with Crippen molar-refractivity contribution in [1.29, 1.82) is 0 Å². The largest absolute Gasteiger partial charge is 0.395 e.